The van der Waals surface area contributed by atoms with Gasteiger partial charge in [0.2, 0.25) is 0 Å². The molecule has 1 N–H and O–H groups in total. The summed E-state index contributed by atoms with van der Waals surface area (Å²) in [7, 11) is 0. The molecule has 2 aromatic carbocycles. The Hall–Kier alpha value is -1.71. The molecule has 132 valence electrons. The van der Waals surface area contributed by atoms with Crippen molar-refractivity contribution in [1.29, 1.82) is 0 Å². The predicted octanol–water partition coefficient (Wildman–Crippen LogP) is 5.81. The van der Waals surface area contributed by atoms with E-state index < -0.39 is 0 Å². The number of carbonyl (C=O) groups is 1. The molecule has 0 aliphatic carbocycles. The number of hydrogen-bond donors (Lipinski definition) is 1. The number of ether oxygens (including phenoxy) is 1. The molecule has 1 aliphatic heterocycles. The maximum Gasteiger partial charge on any atom is 0.253 e. The molecule has 3 rings (SSSR count). The summed E-state index contributed by atoms with van der Waals surface area (Å²) in [6.45, 7) is 4.23. The molecule has 0 aromatic heterocycles. The summed E-state index contributed by atoms with van der Waals surface area (Å²) in [6.07, 6.45) is 2.49. The lowest BCUT2D eigenvalue weighted by atomic mass is 9.83. The van der Waals surface area contributed by atoms with E-state index in [9.17, 15) is 4.79 Å². The number of fused-ring (bicyclic) bond motifs is 1. The molecule has 0 radical (unpaired) electrons. The number of nitrogens with one attached hydrogen (secondary N) is 1. The van der Waals surface area contributed by atoms with Gasteiger partial charge in [-0.1, -0.05) is 55.2 Å². The Labute approximate surface area is 158 Å². The monoisotopic (exact) mass is 377 g/mol. The molecule has 0 fully saturated rings. The standard InChI is InChI=1S/C20H21Cl2NO2/c1-3-20(4-2)12-17(15-7-5-6-8-18(15)25-20)23-19(24)14-10-9-13(21)11-16(14)22/h5-11,17H,3-4,12H2,1-2H3,(H,23,24)/t17-/m0/s1. The summed E-state index contributed by atoms with van der Waals surface area (Å²) in [6, 6.07) is 12.7. The van der Waals surface area contributed by atoms with Crippen molar-refractivity contribution in [1.82, 2.24) is 5.32 Å². The van der Waals surface area contributed by atoms with Gasteiger partial charge in [-0.15, -0.1) is 0 Å². The molecule has 1 amide bonds. The minimum Gasteiger partial charge on any atom is -0.487 e. The quantitative estimate of drug-likeness (QED) is 0.730. The van der Waals surface area contributed by atoms with E-state index in [0.29, 0.717) is 15.6 Å². The van der Waals surface area contributed by atoms with Crippen LogP contribution in [0.5, 0.6) is 5.75 Å². The molecular formula is C20H21Cl2NO2. The van der Waals surface area contributed by atoms with Gasteiger partial charge in [-0.25, -0.2) is 0 Å². The second kappa shape index (κ2) is 7.27. The van der Waals surface area contributed by atoms with E-state index in [2.05, 4.69) is 19.2 Å². The third kappa shape index (κ3) is 3.63. The van der Waals surface area contributed by atoms with Gasteiger partial charge in [0.05, 0.1) is 16.6 Å². The Morgan fingerprint density at radius 1 is 1.20 bits per heavy atom. The SMILES string of the molecule is CCC1(CC)C[C@H](NC(=O)c2ccc(Cl)cc2Cl)c2ccccc2O1. The van der Waals surface area contributed by atoms with Crippen molar-refractivity contribution in [3.63, 3.8) is 0 Å². The van der Waals surface area contributed by atoms with Crippen molar-refractivity contribution >= 4 is 29.1 Å². The molecule has 2 aromatic rings. The minimum absolute atomic E-state index is 0.121. The van der Waals surface area contributed by atoms with Crippen molar-refractivity contribution in [2.45, 2.75) is 44.8 Å². The maximum absolute atomic E-state index is 12.8. The zero-order chi connectivity index (χ0) is 18.0. The Bertz CT molecular complexity index is 787. The van der Waals surface area contributed by atoms with Crippen LogP contribution in [0, 0.1) is 0 Å². The fraction of sp³-hybridized carbons (Fsp3) is 0.350. The van der Waals surface area contributed by atoms with Crippen LogP contribution in [0.4, 0.5) is 0 Å². The molecule has 25 heavy (non-hydrogen) atoms. The normalized spacial score (nSPS) is 18.2. The first-order valence-electron chi connectivity index (χ1n) is 8.52. The summed E-state index contributed by atoms with van der Waals surface area (Å²) in [4.78, 5) is 12.8. The molecule has 0 bridgehead atoms. The smallest absolute Gasteiger partial charge is 0.253 e. The lowest BCUT2D eigenvalue weighted by Gasteiger charge is -2.41. The van der Waals surface area contributed by atoms with Gasteiger partial charge in [0.25, 0.3) is 5.91 Å². The topological polar surface area (TPSA) is 38.3 Å². The Morgan fingerprint density at radius 3 is 2.60 bits per heavy atom. The average Bonchev–Trinajstić information content (AvgIpc) is 2.61. The molecule has 0 unspecified atom stereocenters. The second-order valence-corrected chi connectivity index (χ2v) is 7.23. The predicted molar refractivity (Wildman–Crippen MR) is 102 cm³/mol. The minimum atomic E-state index is -0.268. The maximum atomic E-state index is 12.8. The Balaban J connectivity index is 1.91. The zero-order valence-corrected chi connectivity index (χ0v) is 15.8. The van der Waals surface area contributed by atoms with E-state index in [-0.39, 0.29) is 17.6 Å². The van der Waals surface area contributed by atoms with Crippen LogP contribution in [0.1, 0.15) is 55.1 Å². The highest BCUT2D eigenvalue weighted by Crippen LogP contribution is 2.42. The highest BCUT2D eigenvalue weighted by atomic mass is 35.5. The molecule has 1 atom stereocenters. The largest absolute Gasteiger partial charge is 0.487 e. The van der Waals surface area contributed by atoms with Crippen LogP contribution in [-0.2, 0) is 0 Å². The first-order chi connectivity index (χ1) is 12.0. The van der Waals surface area contributed by atoms with Crippen molar-refractivity contribution in [2.24, 2.45) is 0 Å². The number of amides is 1. The first kappa shape index (κ1) is 18.1. The van der Waals surface area contributed by atoms with Crippen molar-refractivity contribution < 1.29 is 9.53 Å². The highest BCUT2D eigenvalue weighted by Gasteiger charge is 2.39. The molecule has 5 heteroatoms. The van der Waals surface area contributed by atoms with Crippen LogP contribution in [0.3, 0.4) is 0 Å². The van der Waals surface area contributed by atoms with Gasteiger partial charge in [0.15, 0.2) is 0 Å². The van der Waals surface area contributed by atoms with Crippen LogP contribution in [0.25, 0.3) is 0 Å². The van der Waals surface area contributed by atoms with E-state index >= 15 is 0 Å². The number of benzene rings is 2. The van der Waals surface area contributed by atoms with Crippen LogP contribution in [0.2, 0.25) is 10.0 Å². The molecule has 0 saturated carbocycles. The van der Waals surface area contributed by atoms with E-state index in [1.54, 1.807) is 18.2 Å². The molecular weight excluding hydrogens is 357 g/mol. The fourth-order valence-corrected chi connectivity index (χ4v) is 3.83. The van der Waals surface area contributed by atoms with E-state index in [4.69, 9.17) is 27.9 Å². The number of rotatable bonds is 4. The van der Waals surface area contributed by atoms with E-state index in [0.717, 1.165) is 30.6 Å². The molecule has 3 nitrogen and oxygen atoms in total. The third-order valence-corrected chi connectivity index (χ3v) is 5.51. The molecule has 0 spiro atoms. The number of para-hydroxylation sites is 1. The second-order valence-electron chi connectivity index (χ2n) is 6.38. The van der Waals surface area contributed by atoms with Gasteiger partial charge in [-0.05, 0) is 37.1 Å². The molecule has 1 heterocycles. The summed E-state index contributed by atoms with van der Waals surface area (Å²) in [5.74, 6) is 0.634. The van der Waals surface area contributed by atoms with E-state index in [1.807, 2.05) is 24.3 Å². The van der Waals surface area contributed by atoms with Gasteiger partial charge in [0.1, 0.15) is 11.4 Å². The lowest BCUT2D eigenvalue weighted by molar-refractivity contribution is 0.0227. The number of halogens is 2. The van der Waals surface area contributed by atoms with Gasteiger partial charge < -0.3 is 10.1 Å². The van der Waals surface area contributed by atoms with E-state index in [1.165, 1.54) is 0 Å². The fourth-order valence-electron chi connectivity index (χ4n) is 3.34. The van der Waals surface area contributed by atoms with Crippen LogP contribution < -0.4 is 10.1 Å². The summed E-state index contributed by atoms with van der Waals surface area (Å²) < 4.78 is 6.28. The van der Waals surface area contributed by atoms with Crippen LogP contribution in [0.15, 0.2) is 42.5 Å². The molecule has 0 saturated heterocycles. The first-order valence-corrected chi connectivity index (χ1v) is 9.27. The number of carbonyl (C=O) groups excluding carboxylic acids is 1. The van der Waals surface area contributed by atoms with Crippen molar-refractivity contribution in [3.8, 4) is 5.75 Å². The zero-order valence-electron chi connectivity index (χ0n) is 14.3. The average molecular weight is 378 g/mol. The number of hydrogen-bond acceptors (Lipinski definition) is 2. The Kier molecular flexibility index (Phi) is 5.26. The Morgan fingerprint density at radius 2 is 1.92 bits per heavy atom. The molecule has 1 aliphatic rings. The van der Waals surface area contributed by atoms with Crippen LogP contribution >= 0.6 is 23.2 Å². The summed E-state index contributed by atoms with van der Waals surface area (Å²) in [5, 5.41) is 3.99. The summed E-state index contributed by atoms with van der Waals surface area (Å²) >= 11 is 12.1. The van der Waals surface area contributed by atoms with Crippen LogP contribution in [-0.4, -0.2) is 11.5 Å². The highest BCUT2D eigenvalue weighted by molar-refractivity contribution is 6.36. The van der Waals surface area contributed by atoms with Gasteiger partial charge >= 0.3 is 0 Å². The third-order valence-electron chi connectivity index (χ3n) is 4.97. The van der Waals surface area contributed by atoms with Gasteiger partial charge in [0, 0.05) is 17.0 Å². The lowest BCUT2D eigenvalue weighted by Crippen LogP contribution is -2.44. The van der Waals surface area contributed by atoms with Crippen molar-refractivity contribution in [3.05, 3.63) is 63.6 Å². The van der Waals surface area contributed by atoms with Crippen molar-refractivity contribution in [2.75, 3.05) is 0 Å². The summed E-state index contributed by atoms with van der Waals surface area (Å²) in [5.41, 5.74) is 1.16. The van der Waals surface area contributed by atoms with Gasteiger partial charge in [-0.2, -0.15) is 0 Å². The van der Waals surface area contributed by atoms with Gasteiger partial charge in [-0.3, -0.25) is 4.79 Å².